The molecule has 8 nitrogen and oxygen atoms in total. The third-order valence-corrected chi connectivity index (χ3v) is 8.99. The predicted octanol–water partition coefficient (Wildman–Crippen LogP) is 7.42. The van der Waals surface area contributed by atoms with Crippen molar-refractivity contribution in [1.82, 2.24) is 20.0 Å². The molecular formula is C30H43ClN6O2S. The number of anilines is 1. The maximum Gasteiger partial charge on any atom is 0.218 e. The molecule has 40 heavy (non-hydrogen) atoms. The van der Waals surface area contributed by atoms with Crippen LogP contribution < -0.4 is 10.5 Å². The van der Waals surface area contributed by atoms with E-state index in [-0.39, 0.29) is 6.04 Å². The number of thiophene rings is 1. The fourth-order valence-electron chi connectivity index (χ4n) is 5.60. The van der Waals surface area contributed by atoms with Crippen molar-refractivity contribution in [2.45, 2.75) is 97.9 Å². The molecule has 1 spiro atoms. The van der Waals surface area contributed by atoms with Gasteiger partial charge < -0.3 is 19.9 Å². The number of rotatable bonds is 6. The highest BCUT2D eigenvalue weighted by Gasteiger charge is 2.47. The first kappa shape index (κ1) is 31.9. The molecule has 3 aromatic rings. The van der Waals surface area contributed by atoms with E-state index >= 15 is 0 Å². The standard InChI is InChI=1S/C26H31ClN6O2S.2C2H6/c1-4-33(3)15(2)14-34-20-12-19(27)30-25(31-20)22-16-8-5-6-10-26(23(16)35-32-22)11-7-9-18-21(26)17(13-28)24(29)36-18;2*1-2/h12,15H,4-11,14,29H2,1-3H3;2*1-2H3. The van der Waals surface area contributed by atoms with Gasteiger partial charge in [-0.25, -0.2) is 4.98 Å². The van der Waals surface area contributed by atoms with Crippen LogP contribution in [0, 0.1) is 11.3 Å². The molecule has 0 radical (unpaired) electrons. The highest BCUT2D eigenvalue weighted by molar-refractivity contribution is 7.16. The van der Waals surface area contributed by atoms with Crippen LogP contribution in [0.2, 0.25) is 5.15 Å². The number of nitrogen functional groups attached to an aromatic ring is 1. The SMILES string of the molecule is CC.CC.CCN(C)C(C)COc1cc(Cl)nc(-c2noc3c2CCCCC32CCCc3sc(N)c(C#N)c32)n1. The first-order chi connectivity index (χ1) is 19.4. The van der Waals surface area contributed by atoms with Crippen LogP contribution in [0.1, 0.15) is 101 Å². The van der Waals surface area contributed by atoms with E-state index in [4.69, 9.17) is 26.6 Å². The summed E-state index contributed by atoms with van der Waals surface area (Å²) in [6.07, 6.45) is 6.58. The third kappa shape index (κ3) is 6.14. The van der Waals surface area contributed by atoms with Crippen LogP contribution >= 0.6 is 22.9 Å². The average molecular weight is 587 g/mol. The second-order valence-corrected chi connectivity index (χ2v) is 11.3. The van der Waals surface area contributed by atoms with E-state index in [1.807, 2.05) is 27.7 Å². The average Bonchev–Trinajstić information content (AvgIpc) is 3.51. The monoisotopic (exact) mass is 586 g/mol. The zero-order chi connectivity index (χ0) is 29.4. The van der Waals surface area contributed by atoms with Gasteiger partial charge in [-0.05, 0) is 64.6 Å². The van der Waals surface area contributed by atoms with Crippen molar-refractivity contribution in [1.29, 1.82) is 5.26 Å². The van der Waals surface area contributed by atoms with Crippen molar-refractivity contribution < 1.29 is 9.26 Å². The highest BCUT2D eigenvalue weighted by Crippen LogP contribution is 2.54. The van der Waals surface area contributed by atoms with Crippen LogP contribution in [0.5, 0.6) is 5.88 Å². The number of hydrogen-bond donors (Lipinski definition) is 1. The molecular weight excluding hydrogens is 544 g/mol. The van der Waals surface area contributed by atoms with E-state index in [1.165, 1.54) is 16.2 Å². The van der Waals surface area contributed by atoms with Crippen LogP contribution in [-0.4, -0.2) is 46.3 Å². The Kier molecular flexibility index (Phi) is 11.4. The summed E-state index contributed by atoms with van der Waals surface area (Å²) in [5, 5.41) is 15.3. The number of fused-ring (bicyclic) bond motifs is 4. The van der Waals surface area contributed by atoms with Gasteiger partial charge in [0, 0.05) is 22.5 Å². The zero-order valence-corrected chi connectivity index (χ0v) is 26.5. The predicted molar refractivity (Wildman–Crippen MR) is 163 cm³/mol. The minimum absolute atomic E-state index is 0.225. The van der Waals surface area contributed by atoms with E-state index in [9.17, 15) is 5.26 Å². The quantitative estimate of drug-likeness (QED) is 0.297. The molecule has 0 saturated carbocycles. The fraction of sp³-hybridized carbons (Fsp3) is 0.600. The second kappa shape index (κ2) is 14.3. The van der Waals surface area contributed by atoms with Gasteiger partial charge in [-0.1, -0.05) is 57.8 Å². The van der Waals surface area contributed by atoms with E-state index in [2.05, 4.69) is 47.0 Å². The van der Waals surface area contributed by atoms with Gasteiger partial charge in [0.1, 0.15) is 22.8 Å². The topological polar surface area (TPSA) is 114 Å². The van der Waals surface area contributed by atoms with Crippen molar-refractivity contribution in [3.63, 3.8) is 0 Å². The number of nitrogens with zero attached hydrogens (tertiary/aromatic N) is 5. The van der Waals surface area contributed by atoms with E-state index in [1.54, 1.807) is 6.07 Å². The van der Waals surface area contributed by atoms with Gasteiger partial charge in [-0.15, -0.1) is 11.3 Å². The molecule has 3 heterocycles. The van der Waals surface area contributed by atoms with Crippen LogP contribution in [0.4, 0.5) is 5.00 Å². The molecule has 0 amide bonds. The van der Waals surface area contributed by atoms with Gasteiger partial charge in [0.25, 0.3) is 0 Å². The van der Waals surface area contributed by atoms with Crippen molar-refractivity contribution >= 4 is 27.9 Å². The molecule has 218 valence electrons. The smallest absolute Gasteiger partial charge is 0.218 e. The third-order valence-electron chi connectivity index (χ3n) is 7.72. The molecule has 2 N–H and O–H groups in total. The molecule has 2 aliphatic carbocycles. The number of nitrogens with two attached hydrogens (primary N) is 1. The summed E-state index contributed by atoms with van der Waals surface area (Å²) in [6, 6.07) is 4.23. The lowest BCUT2D eigenvalue weighted by molar-refractivity contribution is 0.175. The van der Waals surface area contributed by atoms with Gasteiger partial charge in [0.05, 0.1) is 11.0 Å². The summed E-state index contributed by atoms with van der Waals surface area (Å²) in [7, 11) is 2.06. The van der Waals surface area contributed by atoms with E-state index in [0.29, 0.717) is 39.7 Å². The molecule has 5 rings (SSSR count). The van der Waals surface area contributed by atoms with Gasteiger partial charge in [0.15, 0.2) is 17.3 Å². The molecule has 2 atom stereocenters. The molecule has 0 aliphatic heterocycles. The molecule has 2 unspecified atom stereocenters. The van der Waals surface area contributed by atoms with E-state index < -0.39 is 5.41 Å². The number of nitriles is 1. The molecule has 2 aliphatic rings. The van der Waals surface area contributed by atoms with Crippen LogP contribution in [-0.2, 0) is 18.3 Å². The summed E-state index contributed by atoms with van der Waals surface area (Å²) in [5.41, 5.74) is 9.14. The Hall–Kier alpha value is -2.67. The van der Waals surface area contributed by atoms with Crippen molar-refractivity contribution in [3.05, 3.63) is 38.5 Å². The van der Waals surface area contributed by atoms with Crippen LogP contribution in [0.15, 0.2) is 10.6 Å². The van der Waals surface area contributed by atoms with Gasteiger partial charge in [-0.3, -0.25) is 0 Å². The number of likely N-dealkylation sites (N-methyl/N-ethyl adjacent to an activating group) is 1. The summed E-state index contributed by atoms with van der Waals surface area (Å²) in [4.78, 5) is 12.5. The summed E-state index contributed by atoms with van der Waals surface area (Å²) >= 11 is 7.93. The fourth-order valence-corrected chi connectivity index (χ4v) is 6.93. The van der Waals surface area contributed by atoms with Crippen molar-refractivity contribution in [2.75, 3.05) is 25.9 Å². The largest absolute Gasteiger partial charge is 0.476 e. The zero-order valence-electron chi connectivity index (χ0n) is 24.9. The van der Waals surface area contributed by atoms with Gasteiger partial charge >= 0.3 is 0 Å². The van der Waals surface area contributed by atoms with Crippen LogP contribution in [0.25, 0.3) is 11.5 Å². The number of hydrogen-bond acceptors (Lipinski definition) is 9. The molecule has 0 saturated heterocycles. The Bertz CT molecular complexity index is 1320. The van der Waals surface area contributed by atoms with Gasteiger partial charge in [0.2, 0.25) is 5.88 Å². The number of aromatic nitrogens is 3. The number of halogens is 1. The maximum atomic E-state index is 9.96. The Morgan fingerprint density at radius 1 is 1.20 bits per heavy atom. The summed E-state index contributed by atoms with van der Waals surface area (Å²) in [6.45, 7) is 13.6. The second-order valence-electron chi connectivity index (χ2n) is 9.82. The minimum atomic E-state index is -0.401. The summed E-state index contributed by atoms with van der Waals surface area (Å²) in [5.74, 6) is 1.64. The highest BCUT2D eigenvalue weighted by atomic mass is 35.5. The maximum absolute atomic E-state index is 9.96. The van der Waals surface area contributed by atoms with Crippen molar-refractivity contribution in [3.8, 4) is 23.5 Å². The Balaban J connectivity index is 0.00000106. The Morgan fingerprint density at radius 2 is 1.93 bits per heavy atom. The lowest BCUT2D eigenvalue weighted by atomic mass is 9.66. The van der Waals surface area contributed by atoms with E-state index in [0.717, 1.165) is 68.4 Å². The Morgan fingerprint density at radius 3 is 2.62 bits per heavy atom. The van der Waals surface area contributed by atoms with Gasteiger partial charge in [-0.2, -0.15) is 10.2 Å². The number of aryl methyl sites for hydroxylation is 1. The lowest BCUT2D eigenvalue weighted by Gasteiger charge is -2.35. The number of ether oxygens (including phenoxy) is 1. The minimum Gasteiger partial charge on any atom is -0.476 e. The molecule has 0 aromatic carbocycles. The lowest BCUT2D eigenvalue weighted by Crippen LogP contribution is -2.33. The molecule has 0 fully saturated rings. The first-order valence-corrected chi connectivity index (χ1v) is 15.8. The molecule has 10 heteroatoms. The van der Waals surface area contributed by atoms with Crippen molar-refractivity contribution in [2.24, 2.45) is 0 Å². The first-order valence-electron chi connectivity index (χ1n) is 14.6. The Labute approximate surface area is 247 Å². The van der Waals surface area contributed by atoms with Crippen LogP contribution in [0.3, 0.4) is 0 Å². The molecule has 3 aromatic heterocycles. The molecule has 0 bridgehead atoms. The summed E-state index contributed by atoms with van der Waals surface area (Å²) < 4.78 is 12.1. The normalized spacial score (nSPS) is 18.3.